The van der Waals surface area contributed by atoms with Crippen molar-refractivity contribution < 1.29 is 8.42 Å². The molecular weight excluding hydrogens is 264 g/mol. The van der Waals surface area contributed by atoms with Crippen LogP contribution >= 0.6 is 0 Å². The van der Waals surface area contributed by atoms with Gasteiger partial charge in [0, 0.05) is 25.3 Å². The summed E-state index contributed by atoms with van der Waals surface area (Å²) in [5, 5.41) is 4.08. The van der Waals surface area contributed by atoms with E-state index in [-0.39, 0.29) is 10.9 Å². The van der Waals surface area contributed by atoms with Gasteiger partial charge in [0.15, 0.2) is 0 Å². The molecule has 0 unspecified atom stereocenters. The average Bonchev–Trinajstić information content (AvgIpc) is 2.82. The molecular formula is C12H24N4O2S. The Bertz CT molecular complexity index is 482. The maximum absolute atomic E-state index is 12.5. The third-order valence-electron chi connectivity index (χ3n) is 2.83. The lowest BCUT2D eigenvalue weighted by molar-refractivity contribution is 0.354. The molecule has 2 N–H and O–H groups in total. The molecule has 0 aliphatic rings. The van der Waals surface area contributed by atoms with Crippen molar-refractivity contribution in [3.05, 3.63) is 12.4 Å². The fourth-order valence-electron chi connectivity index (χ4n) is 1.87. The second-order valence-electron chi connectivity index (χ2n) is 4.79. The zero-order valence-electron chi connectivity index (χ0n) is 11.9. The molecule has 0 saturated carbocycles. The smallest absolute Gasteiger partial charge is 0.246 e. The van der Waals surface area contributed by atoms with Crippen LogP contribution in [0.4, 0.5) is 0 Å². The fraction of sp³-hybridized carbons (Fsp3) is 0.750. The van der Waals surface area contributed by atoms with E-state index >= 15 is 0 Å². The molecule has 0 spiro atoms. The quantitative estimate of drug-likeness (QED) is 0.775. The van der Waals surface area contributed by atoms with Crippen LogP contribution in [0.15, 0.2) is 17.3 Å². The number of nitrogens with two attached hydrogens (primary N) is 1. The topological polar surface area (TPSA) is 81.2 Å². The highest BCUT2D eigenvalue weighted by molar-refractivity contribution is 7.89. The molecule has 110 valence electrons. The Hall–Kier alpha value is -0.920. The third kappa shape index (κ3) is 4.02. The molecule has 0 aliphatic carbocycles. The standard InChI is InChI=1S/C12H24N4O2S/c1-4-7-16(11(2)3)19(17,18)12-9-14-15(10-12)8-5-6-13/h9-11H,4-8,13H2,1-3H3. The molecule has 6 nitrogen and oxygen atoms in total. The molecule has 0 saturated heterocycles. The second kappa shape index (κ2) is 7.02. The highest BCUT2D eigenvalue weighted by atomic mass is 32.2. The van der Waals surface area contributed by atoms with Crippen LogP contribution in [0.2, 0.25) is 0 Å². The van der Waals surface area contributed by atoms with Crippen LogP contribution in [-0.4, -0.2) is 41.6 Å². The number of sulfonamides is 1. The van der Waals surface area contributed by atoms with E-state index in [0.717, 1.165) is 12.8 Å². The van der Waals surface area contributed by atoms with Crippen LogP contribution in [0.25, 0.3) is 0 Å². The number of aryl methyl sites for hydroxylation is 1. The van der Waals surface area contributed by atoms with Crippen molar-refractivity contribution in [2.75, 3.05) is 13.1 Å². The van der Waals surface area contributed by atoms with Gasteiger partial charge >= 0.3 is 0 Å². The molecule has 0 atom stereocenters. The third-order valence-corrected chi connectivity index (χ3v) is 4.86. The number of aromatic nitrogens is 2. The van der Waals surface area contributed by atoms with Gasteiger partial charge in [-0.05, 0) is 33.2 Å². The summed E-state index contributed by atoms with van der Waals surface area (Å²) >= 11 is 0. The average molecular weight is 288 g/mol. The highest BCUT2D eigenvalue weighted by Gasteiger charge is 2.27. The first-order valence-corrected chi connectivity index (χ1v) is 8.11. The second-order valence-corrected chi connectivity index (χ2v) is 6.68. The van der Waals surface area contributed by atoms with E-state index in [1.807, 2.05) is 20.8 Å². The molecule has 1 aromatic heterocycles. The maximum atomic E-state index is 12.5. The van der Waals surface area contributed by atoms with Gasteiger partial charge in [-0.15, -0.1) is 0 Å². The van der Waals surface area contributed by atoms with Crippen LogP contribution in [0.5, 0.6) is 0 Å². The zero-order valence-corrected chi connectivity index (χ0v) is 12.7. The first-order valence-electron chi connectivity index (χ1n) is 6.67. The molecule has 0 aromatic carbocycles. The number of rotatable bonds is 8. The highest BCUT2D eigenvalue weighted by Crippen LogP contribution is 2.18. The summed E-state index contributed by atoms with van der Waals surface area (Å²) in [6, 6.07) is -0.0580. The molecule has 0 aliphatic heterocycles. The van der Waals surface area contributed by atoms with Crippen molar-refractivity contribution in [3.8, 4) is 0 Å². The molecule has 1 heterocycles. The Morgan fingerprint density at radius 3 is 2.68 bits per heavy atom. The van der Waals surface area contributed by atoms with Crippen molar-refractivity contribution in [3.63, 3.8) is 0 Å². The van der Waals surface area contributed by atoms with Gasteiger partial charge in [-0.3, -0.25) is 4.68 Å². The van der Waals surface area contributed by atoms with Gasteiger partial charge < -0.3 is 5.73 Å². The van der Waals surface area contributed by atoms with E-state index in [4.69, 9.17) is 5.73 Å². The van der Waals surface area contributed by atoms with E-state index in [2.05, 4.69) is 5.10 Å². The Morgan fingerprint density at radius 1 is 1.47 bits per heavy atom. The molecule has 0 fully saturated rings. The SMILES string of the molecule is CCCN(C(C)C)S(=O)(=O)c1cnn(CCCN)c1. The van der Waals surface area contributed by atoms with Crippen molar-refractivity contribution in [1.82, 2.24) is 14.1 Å². The minimum Gasteiger partial charge on any atom is -0.330 e. The molecule has 0 amide bonds. The lowest BCUT2D eigenvalue weighted by Crippen LogP contribution is -2.37. The van der Waals surface area contributed by atoms with E-state index in [9.17, 15) is 8.42 Å². The first kappa shape index (κ1) is 16.1. The predicted octanol–water partition coefficient (Wildman–Crippen LogP) is 1.04. The lowest BCUT2D eigenvalue weighted by Gasteiger charge is -2.24. The van der Waals surface area contributed by atoms with E-state index in [0.29, 0.717) is 19.6 Å². The summed E-state index contributed by atoms with van der Waals surface area (Å²) in [6.07, 6.45) is 4.57. The Morgan fingerprint density at radius 2 is 2.16 bits per heavy atom. The lowest BCUT2D eigenvalue weighted by atomic mass is 10.4. The molecule has 19 heavy (non-hydrogen) atoms. The van der Waals surface area contributed by atoms with Crippen molar-refractivity contribution in [1.29, 1.82) is 0 Å². The molecule has 1 rings (SSSR count). The van der Waals surface area contributed by atoms with Crippen molar-refractivity contribution in [2.45, 2.75) is 51.1 Å². The van der Waals surface area contributed by atoms with Crippen LogP contribution in [0.1, 0.15) is 33.6 Å². The first-order chi connectivity index (χ1) is 8.93. The van der Waals surface area contributed by atoms with Gasteiger partial charge in [0.05, 0.1) is 6.20 Å². The van der Waals surface area contributed by atoms with Gasteiger partial charge in [-0.25, -0.2) is 8.42 Å². The van der Waals surface area contributed by atoms with Gasteiger partial charge in [0.2, 0.25) is 10.0 Å². The van der Waals surface area contributed by atoms with Gasteiger partial charge in [-0.1, -0.05) is 6.92 Å². The summed E-state index contributed by atoms with van der Waals surface area (Å²) in [6.45, 7) is 7.46. The summed E-state index contributed by atoms with van der Waals surface area (Å²) in [7, 11) is -3.45. The largest absolute Gasteiger partial charge is 0.330 e. The van der Waals surface area contributed by atoms with Crippen LogP contribution in [-0.2, 0) is 16.6 Å². The number of hydrogen-bond acceptors (Lipinski definition) is 4. The minimum absolute atomic E-state index is 0.0580. The summed E-state index contributed by atoms with van der Waals surface area (Å²) in [5.41, 5.74) is 5.43. The fourth-order valence-corrected chi connectivity index (χ4v) is 3.55. The molecule has 0 radical (unpaired) electrons. The maximum Gasteiger partial charge on any atom is 0.246 e. The van der Waals surface area contributed by atoms with Crippen LogP contribution < -0.4 is 5.73 Å². The summed E-state index contributed by atoms with van der Waals surface area (Å²) < 4.78 is 28.1. The van der Waals surface area contributed by atoms with Crippen LogP contribution in [0, 0.1) is 0 Å². The Balaban J connectivity index is 2.95. The van der Waals surface area contributed by atoms with E-state index in [1.54, 1.807) is 10.9 Å². The number of hydrogen-bond donors (Lipinski definition) is 1. The van der Waals surface area contributed by atoms with Gasteiger partial charge in [-0.2, -0.15) is 9.40 Å². The molecule has 0 bridgehead atoms. The van der Waals surface area contributed by atoms with Gasteiger partial charge in [0.1, 0.15) is 4.90 Å². The van der Waals surface area contributed by atoms with Gasteiger partial charge in [0.25, 0.3) is 0 Å². The summed E-state index contributed by atoms with van der Waals surface area (Å²) in [4.78, 5) is 0.256. The number of nitrogens with zero attached hydrogens (tertiary/aromatic N) is 3. The normalized spacial score (nSPS) is 12.5. The molecule has 1 aromatic rings. The minimum atomic E-state index is -3.45. The van der Waals surface area contributed by atoms with E-state index in [1.165, 1.54) is 10.5 Å². The Labute approximate surface area is 115 Å². The summed E-state index contributed by atoms with van der Waals surface area (Å²) in [5.74, 6) is 0. The zero-order chi connectivity index (χ0) is 14.5. The Kier molecular flexibility index (Phi) is 5.96. The van der Waals surface area contributed by atoms with Crippen LogP contribution in [0.3, 0.4) is 0 Å². The molecule has 7 heteroatoms. The van der Waals surface area contributed by atoms with E-state index < -0.39 is 10.0 Å². The monoisotopic (exact) mass is 288 g/mol. The predicted molar refractivity (Wildman–Crippen MR) is 75.2 cm³/mol. The van der Waals surface area contributed by atoms with Crippen molar-refractivity contribution >= 4 is 10.0 Å². The van der Waals surface area contributed by atoms with Crippen molar-refractivity contribution in [2.24, 2.45) is 5.73 Å².